The fraction of sp³-hybridized carbons (Fsp3) is 0.538. The van der Waals surface area contributed by atoms with E-state index in [1.807, 2.05) is 12.1 Å². The number of non-ortho nitro benzene ring substituents is 1. The first-order chi connectivity index (χ1) is 8.67. The van der Waals surface area contributed by atoms with Crippen molar-refractivity contribution >= 4 is 5.69 Å². The smallest absolute Gasteiger partial charge is 0.269 e. The predicted octanol–water partition coefficient (Wildman–Crippen LogP) is 1.24. The van der Waals surface area contributed by atoms with E-state index in [1.54, 1.807) is 12.1 Å². The molecule has 5 nitrogen and oxygen atoms in total. The molecule has 0 amide bonds. The molecule has 18 heavy (non-hydrogen) atoms. The fourth-order valence-electron chi connectivity index (χ4n) is 3.08. The lowest BCUT2D eigenvalue weighted by Gasteiger charge is -2.50. The lowest BCUT2D eigenvalue weighted by atomic mass is 10.1. The molecular formula is C13H18N3O2+. The molecule has 3 heterocycles. The van der Waals surface area contributed by atoms with Crippen molar-refractivity contribution in [3.05, 3.63) is 39.9 Å². The minimum absolute atomic E-state index is 0.183. The van der Waals surface area contributed by atoms with Gasteiger partial charge in [0.2, 0.25) is 0 Å². The first-order valence-electron chi connectivity index (χ1n) is 6.48. The number of nitro groups is 1. The lowest BCUT2D eigenvalue weighted by molar-refractivity contribution is -0.953. The van der Waals surface area contributed by atoms with Crippen molar-refractivity contribution < 1.29 is 9.41 Å². The van der Waals surface area contributed by atoms with Gasteiger partial charge in [-0.15, -0.1) is 0 Å². The topological polar surface area (TPSA) is 46.4 Å². The van der Waals surface area contributed by atoms with Gasteiger partial charge in [0.05, 0.1) is 24.6 Å². The maximum Gasteiger partial charge on any atom is 0.269 e. The third-order valence-electron chi connectivity index (χ3n) is 4.34. The van der Waals surface area contributed by atoms with Crippen LogP contribution in [-0.4, -0.2) is 53.6 Å². The summed E-state index contributed by atoms with van der Waals surface area (Å²) in [4.78, 5) is 12.8. The molecule has 0 N–H and O–H groups in total. The summed E-state index contributed by atoms with van der Waals surface area (Å²) in [6.07, 6.45) is 0. The molecule has 1 aromatic rings. The van der Waals surface area contributed by atoms with Crippen molar-refractivity contribution in [3.8, 4) is 0 Å². The van der Waals surface area contributed by atoms with Gasteiger partial charge in [0.25, 0.3) is 5.69 Å². The number of piperazine rings is 3. The minimum atomic E-state index is -0.337. The second-order valence-corrected chi connectivity index (χ2v) is 5.44. The Kier molecular flexibility index (Phi) is 2.80. The van der Waals surface area contributed by atoms with E-state index >= 15 is 0 Å². The van der Waals surface area contributed by atoms with Crippen LogP contribution in [0.25, 0.3) is 0 Å². The molecule has 2 bridgehead atoms. The van der Waals surface area contributed by atoms with Crippen molar-refractivity contribution in [3.63, 3.8) is 0 Å². The number of quaternary nitrogens is 1. The Hall–Kier alpha value is -1.46. The average Bonchev–Trinajstić information content (AvgIpc) is 2.41. The molecule has 1 aromatic carbocycles. The van der Waals surface area contributed by atoms with Gasteiger partial charge in [0.1, 0.15) is 6.54 Å². The van der Waals surface area contributed by atoms with Crippen LogP contribution in [-0.2, 0) is 6.54 Å². The van der Waals surface area contributed by atoms with E-state index in [0.717, 1.165) is 11.0 Å². The van der Waals surface area contributed by atoms with Gasteiger partial charge >= 0.3 is 0 Å². The normalized spacial score (nSPS) is 30.3. The Morgan fingerprint density at radius 3 is 2.17 bits per heavy atom. The summed E-state index contributed by atoms with van der Waals surface area (Å²) in [5, 5.41) is 10.6. The van der Waals surface area contributed by atoms with Gasteiger partial charge < -0.3 is 4.48 Å². The maximum atomic E-state index is 10.6. The summed E-state index contributed by atoms with van der Waals surface area (Å²) in [7, 11) is 0. The van der Waals surface area contributed by atoms with Crippen LogP contribution in [0.15, 0.2) is 24.3 Å². The summed E-state index contributed by atoms with van der Waals surface area (Å²) in [6.45, 7) is 8.28. The summed E-state index contributed by atoms with van der Waals surface area (Å²) < 4.78 is 1.16. The summed E-state index contributed by atoms with van der Waals surface area (Å²) in [5.74, 6) is 0. The van der Waals surface area contributed by atoms with Crippen LogP contribution in [0.3, 0.4) is 0 Å². The third-order valence-corrected chi connectivity index (χ3v) is 4.34. The van der Waals surface area contributed by atoms with E-state index in [1.165, 1.54) is 44.8 Å². The number of hydrogen-bond acceptors (Lipinski definition) is 3. The fourth-order valence-corrected chi connectivity index (χ4v) is 3.08. The van der Waals surface area contributed by atoms with E-state index in [0.29, 0.717) is 0 Å². The van der Waals surface area contributed by atoms with Gasteiger partial charge in [-0.1, -0.05) is 0 Å². The molecule has 3 fully saturated rings. The van der Waals surface area contributed by atoms with E-state index in [4.69, 9.17) is 0 Å². The quantitative estimate of drug-likeness (QED) is 0.459. The van der Waals surface area contributed by atoms with E-state index in [9.17, 15) is 10.1 Å². The average molecular weight is 248 g/mol. The number of fused-ring (bicyclic) bond motifs is 3. The number of nitro benzene ring substituents is 1. The molecule has 0 radical (unpaired) electrons. The minimum Gasteiger partial charge on any atom is -0.317 e. The van der Waals surface area contributed by atoms with Crippen LogP contribution < -0.4 is 0 Å². The Morgan fingerprint density at radius 2 is 1.67 bits per heavy atom. The van der Waals surface area contributed by atoms with Gasteiger partial charge in [-0.05, 0) is 12.1 Å². The number of benzene rings is 1. The predicted molar refractivity (Wildman–Crippen MR) is 68.1 cm³/mol. The summed E-state index contributed by atoms with van der Waals surface area (Å²) >= 11 is 0. The summed E-state index contributed by atoms with van der Waals surface area (Å²) in [5.41, 5.74) is 1.40. The van der Waals surface area contributed by atoms with E-state index in [2.05, 4.69) is 4.90 Å². The molecule has 0 spiro atoms. The molecular weight excluding hydrogens is 230 g/mol. The van der Waals surface area contributed by atoms with Crippen LogP contribution in [0.4, 0.5) is 5.69 Å². The molecule has 0 aliphatic carbocycles. The number of hydrogen-bond donors (Lipinski definition) is 0. The lowest BCUT2D eigenvalue weighted by Crippen LogP contribution is -2.66. The second kappa shape index (κ2) is 4.33. The third kappa shape index (κ3) is 2.11. The zero-order valence-electron chi connectivity index (χ0n) is 10.4. The van der Waals surface area contributed by atoms with Crippen LogP contribution in [0.2, 0.25) is 0 Å². The molecule has 0 atom stereocenters. The van der Waals surface area contributed by atoms with Gasteiger partial charge in [-0.2, -0.15) is 0 Å². The van der Waals surface area contributed by atoms with Crippen molar-refractivity contribution in [2.75, 3.05) is 39.3 Å². The molecule has 3 aliphatic heterocycles. The molecule has 96 valence electrons. The van der Waals surface area contributed by atoms with Crippen LogP contribution in [0, 0.1) is 10.1 Å². The molecule has 0 unspecified atom stereocenters. The largest absolute Gasteiger partial charge is 0.317 e. The van der Waals surface area contributed by atoms with Gasteiger partial charge in [0, 0.05) is 37.3 Å². The molecule has 0 aromatic heterocycles. The van der Waals surface area contributed by atoms with Crippen molar-refractivity contribution in [1.82, 2.24) is 4.90 Å². The van der Waals surface area contributed by atoms with Gasteiger partial charge in [-0.25, -0.2) is 0 Å². The van der Waals surface area contributed by atoms with Crippen LogP contribution >= 0.6 is 0 Å². The molecule has 0 saturated carbocycles. The van der Waals surface area contributed by atoms with Gasteiger partial charge in [-0.3, -0.25) is 15.0 Å². The first kappa shape index (κ1) is 11.6. The Balaban J connectivity index is 1.73. The highest BCUT2D eigenvalue weighted by Crippen LogP contribution is 2.24. The SMILES string of the molecule is O=[N+]([O-])c1ccc(C[N+]23CCN(CC2)CC3)cc1. The number of nitrogens with zero attached hydrogens (tertiary/aromatic N) is 3. The maximum absolute atomic E-state index is 10.6. The van der Waals surface area contributed by atoms with Crippen LogP contribution in [0.5, 0.6) is 0 Å². The Bertz CT molecular complexity index is 436. The molecule has 4 rings (SSSR count). The Morgan fingerprint density at radius 1 is 1.11 bits per heavy atom. The van der Waals surface area contributed by atoms with Crippen molar-refractivity contribution in [2.24, 2.45) is 0 Å². The molecule has 3 saturated heterocycles. The monoisotopic (exact) mass is 248 g/mol. The van der Waals surface area contributed by atoms with E-state index in [-0.39, 0.29) is 10.6 Å². The van der Waals surface area contributed by atoms with Crippen LogP contribution in [0.1, 0.15) is 5.56 Å². The summed E-state index contributed by atoms with van der Waals surface area (Å²) in [6, 6.07) is 7.06. The highest BCUT2D eigenvalue weighted by atomic mass is 16.6. The standard InChI is InChI=1S/C13H18N3O2/c17-15(18)13-3-1-12(2-4-13)11-16-8-5-14(6-9-16)7-10-16/h1-4H,5-11H2/q+1. The first-order valence-corrected chi connectivity index (χ1v) is 6.48. The van der Waals surface area contributed by atoms with Crippen molar-refractivity contribution in [1.29, 1.82) is 0 Å². The Labute approximate surface area is 106 Å². The van der Waals surface area contributed by atoms with Gasteiger partial charge in [0.15, 0.2) is 0 Å². The zero-order chi connectivity index (χ0) is 12.6. The second-order valence-electron chi connectivity index (χ2n) is 5.44. The number of rotatable bonds is 3. The van der Waals surface area contributed by atoms with E-state index < -0.39 is 0 Å². The zero-order valence-corrected chi connectivity index (χ0v) is 10.4. The molecule has 5 heteroatoms. The highest BCUT2D eigenvalue weighted by Gasteiger charge is 2.38. The molecule has 3 aliphatic rings. The van der Waals surface area contributed by atoms with Crippen molar-refractivity contribution in [2.45, 2.75) is 6.54 Å². The highest BCUT2D eigenvalue weighted by molar-refractivity contribution is 5.32.